The minimum atomic E-state index is -4.88. The minimum absolute atomic E-state index is 0.217. The zero-order valence-electron chi connectivity index (χ0n) is 28.1. The molecule has 1 aliphatic rings. The Kier molecular flexibility index (Phi) is 16.1. The van der Waals surface area contributed by atoms with Crippen LogP contribution in [0.2, 0.25) is 0 Å². The maximum Gasteiger partial charge on any atom is 0.524 e. The van der Waals surface area contributed by atoms with E-state index in [4.69, 9.17) is 14.9 Å². The number of rotatable bonds is 19. The van der Waals surface area contributed by atoms with Crippen molar-refractivity contribution < 1.29 is 67.4 Å². The number of benzene rings is 1. The Labute approximate surface area is 292 Å². The summed E-state index contributed by atoms with van der Waals surface area (Å²) >= 11 is 0. The van der Waals surface area contributed by atoms with Gasteiger partial charge in [0.1, 0.15) is 36.2 Å². The Morgan fingerprint density at radius 1 is 0.941 bits per heavy atom. The molecule has 0 spiro atoms. The van der Waals surface area contributed by atoms with Crippen molar-refractivity contribution in [3.63, 3.8) is 0 Å². The van der Waals surface area contributed by atoms with Gasteiger partial charge in [0.25, 0.3) is 0 Å². The van der Waals surface area contributed by atoms with Gasteiger partial charge in [-0.3, -0.25) is 43.3 Å². The zero-order chi connectivity index (χ0) is 38.5. The number of likely N-dealkylation sites (tertiary alicyclic amines) is 1. The molecule has 0 saturated carbocycles. The van der Waals surface area contributed by atoms with Crippen molar-refractivity contribution in [2.45, 2.75) is 89.2 Å². The third-order valence-corrected chi connectivity index (χ3v) is 8.02. The van der Waals surface area contributed by atoms with Gasteiger partial charge in [0, 0.05) is 26.3 Å². The van der Waals surface area contributed by atoms with E-state index in [-0.39, 0.29) is 18.6 Å². The van der Waals surface area contributed by atoms with E-state index in [1.807, 2.05) is 0 Å². The van der Waals surface area contributed by atoms with Gasteiger partial charge in [-0.2, -0.15) is 0 Å². The molecule has 6 amide bonds. The van der Waals surface area contributed by atoms with Crippen LogP contribution in [0.1, 0.15) is 52.0 Å². The third-order valence-electron chi connectivity index (χ3n) is 7.57. The van der Waals surface area contributed by atoms with Gasteiger partial charge in [-0.15, -0.1) is 0 Å². The third kappa shape index (κ3) is 14.5. The number of hydrogen-bond acceptors (Lipinski definition) is 11. The molecule has 20 nitrogen and oxygen atoms in total. The molecule has 51 heavy (non-hydrogen) atoms. The smallest absolute Gasteiger partial charge is 0.481 e. The van der Waals surface area contributed by atoms with Crippen LogP contribution < -0.4 is 31.1 Å². The second-order valence-corrected chi connectivity index (χ2v) is 12.9. The van der Waals surface area contributed by atoms with Crippen molar-refractivity contribution in [2.24, 2.45) is 0 Å². The SMILES string of the molecule is CC(=O)N[C@@H](CCC(=O)O)C(=O)N[C@@H](Cc1ccc(OP(=O)(O)O)cc1)C(=O)N[C@H](C(=O)N[C@@H](C)C(=O)NCC(=O)N1CCC[C@H]1C=O)[C@@H](C)O. The molecule has 1 heterocycles. The number of aldehydes is 1. The molecule has 1 aromatic rings. The fourth-order valence-corrected chi connectivity index (χ4v) is 5.41. The highest BCUT2D eigenvalue weighted by Gasteiger charge is 2.33. The number of hydrogen-bond donors (Lipinski definition) is 9. The summed E-state index contributed by atoms with van der Waals surface area (Å²) in [6, 6.07) is -1.47. The lowest BCUT2D eigenvalue weighted by atomic mass is 10.0. The van der Waals surface area contributed by atoms with Crippen molar-refractivity contribution in [2.75, 3.05) is 13.1 Å². The number of nitrogens with one attached hydrogen (secondary N) is 5. The highest BCUT2D eigenvalue weighted by Crippen LogP contribution is 2.37. The summed E-state index contributed by atoms with van der Waals surface area (Å²) < 4.78 is 15.7. The van der Waals surface area contributed by atoms with Crippen molar-refractivity contribution in [3.8, 4) is 5.75 Å². The Bertz CT molecular complexity index is 1500. The number of phosphoric acid groups is 1. The molecule has 0 bridgehead atoms. The lowest BCUT2D eigenvalue weighted by Gasteiger charge is -2.27. The summed E-state index contributed by atoms with van der Waals surface area (Å²) in [4.78, 5) is 118. The predicted octanol–water partition coefficient (Wildman–Crippen LogP) is -2.77. The number of phosphoric ester groups is 1. The molecule has 0 radical (unpaired) electrons. The van der Waals surface area contributed by atoms with Gasteiger partial charge < -0.3 is 51.0 Å². The number of nitrogens with zero attached hydrogens (tertiary/aromatic N) is 1. The Morgan fingerprint density at radius 3 is 2.12 bits per heavy atom. The summed E-state index contributed by atoms with van der Waals surface area (Å²) in [5.74, 6) is -6.43. The van der Waals surface area contributed by atoms with Crippen molar-refractivity contribution in [3.05, 3.63) is 29.8 Å². The molecule has 2 rings (SSSR count). The molecule has 0 aliphatic carbocycles. The number of aliphatic hydroxyl groups is 1. The van der Waals surface area contributed by atoms with Crippen LogP contribution in [0.25, 0.3) is 0 Å². The van der Waals surface area contributed by atoms with E-state index in [2.05, 4.69) is 31.1 Å². The largest absolute Gasteiger partial charge is 0.524 e. The second kappa shape index (κ2) is 19.5. The molecular weight excluding hydrogens is 699 g/mol. The normalized spacial score (nSPS) is 17.1. The minimum Gasteiger partial charge on any atom is -0.481 e. The van der Waals surface area contributed by atoms with E-state index in [1.54, 1.807) is 0 Å². The van der Waals surface area contributed by atoms with Crippen LogP contribution in [-0.2, 0) is 49.3 Å². The first-order valence-corrected chi connectivity index (χ1v) is 17.3. The number of carbonyl (C=O) groups excluding carboxylic acids is 7. The molecule has 1 aromatic carbocycles. The van der Waals surface area contributed by atoms with Crippen LogP contribution in [0, 0.1) is 0 Å². The molecule has 9 N–H and O–H groups in total. The van der Waals surface area contributed by atoms with Crippen LogP contribution in [0.5, 0.6) is 5.75 Å². The first-order chi connectivity index (χ1) is 23.8. The fourth-order valence-electron chi connectivity index (χ4n) is 5.01. The number of carboxylic acid groups (broad SMARTS) is 1. The second-order valence-electron chi connectivity index (χ2n) is 11.8. The lowest BCUT2D eigenvalue weighted by molar-refractivity contribution is -0.138. The molecule has 282 valence electrons. The summed E-state index contributed by atoms with van der Waals surface area (Å²) in [5, 5.41) is 31.2. The predicted molar refractivity (Wildman–Crippen MR) is 174 cm³/mol. The summed E-state index contributed by atoms with van der Waals surface area (Å²) in [6.45, 7) is 3.45. The standard InChI is InChI=1S/C30H43N6O14P/c1-16(27(43)31-14-24(40)36-12-4-5-20(36)15-37)32-30(46)26(17(2)38)35-29(45)23(13-19-6-8-21(9-7-19)50-51(47,48)49)34-28(44)22(33-18(3)39)10-11-25(41)42/h6-9,15-17,20,22-23,26,38H,4-5,10-14H2,1-3H3,(H,31,43)(H,32,46)(H,33,39)(H,34,44)(H,35,45)(H,41,42)(H2,47,48,49)/t16-,17+,20-,22-,23-,26-/m0/s1. The highest BCUT2D eigenvalue weighted by atomic mass is 31.2. The highest BCUT2D eigenvalue weighted by molar-refractivity contribution is 7.46. The number of aliphatic hydroxyl groups excluding tert-OH is 1. The van der Waals surface area contributed by atoms with E-state index in [0.717, 1.165) is 6.92 Å². The van der Waals surface area contributed by atoms with Crippen molar-refractivity contribution >= 4 is 55.5 Å². The number of amides is 6. The molecule has 1 aliphatic heterocycles. The Balaban J connectivity index is 2.21. The van der Waals surface area contributed by atoms with Gasteiger partial charge in [0.2, 0.25) is 35.4 Å². The quantitative estimate of drug-likeness (QED) is 0.0512. The molecule has 1 saturated heterocycles. The summed E-state index contributed by atoms with van der Waals surface area (Å²) in [7, 11) is -4.88. The zero-order valence-corrected chi connectivity index (χ0v) is 29.0. The Hall–Kier alpha value is -4.91. The van der Waals surface area contributed by atoms with Crippen LogP contribution in [0.15, 0.2) is 24.3 Å². The van der Waals surface area contributed by atoms with E-state index in [0.29, 0.717) is 31.2 Å². The number of aliphatic carboxylic acids is 1. The number of carbonyl (C=O) groups is 8. The van der Waals surface area contributed by atoms with Gasteiger partial charge in [0.15, 0.2) is 0 Å². The van der Waals surface area contributed by atoms with Crippen molar-refractivity contribution in [1.82, 2.24) is 31.5 Å². The summed E-state index contributed by atoms with van der Waals surface area (Å²) in [5.41, 5.74) is 0.307. The maximum absolute atomic E-state index is 13.6. The molecule has 0 unspecified atom stereocenters. The average Bonchev–Trinajstić information content (AvgIpc) is 3.52. The van der Waals surface area contributed by atoms with E-state index < -0.39 is 98.5 Å². The van der Waals surface area contributed by atoms with Crippen LogP contribution >= 0.6 is 7.82 Å². The topological polar surface area (TPSA) is 307 Å². The summed E-state index contributed by atoms with van der Waals surface area (Å²) in [6.07, 6.45) is -0.937. The molecule has 0 aromatic heterocycles. The van der Waals surface area contributed by atoms with Gasteiger partial charge in [0.05, 0.1) is 18.7 Å². The van der Waals surface area contributed by atoms with Gasteiger partial charge in [-0.25, -0.2) is 4.57 Å². The average molecular weight is 743 g/mol. The van der Waals surface area contributed by atoms with Gasteiger partial charge in [-0.1, -0.05) is 12.1 Å². The molecule has 1 fully saturated rings. The number of carboxylic acids is 1. The van der Waals surface area contributed by atoms with E-state index >= 15 is 0 Å². The first kappa shape index (κ1) is 42.3. The van der Waals surface area contributed by atoms with Crippen molar-refractivity contribution in [1.29, 1.82) is 0 Å². The maximum atomic E-state index is 13.6. The van der Waals surface area contributed by atoms with Crippen LogP contribution in [0.4, 0.5) is 0 Å². The van der Waals surface area contributed by atoms with E-state index in [9.17, 15) is 48.0 Å². The molecule has 6 atom stereocenters. The monoisotopic (exact) mass is 742 g/mol. The van der Waals surface area contributed by atoms with E-state index in [1.165, 1.54) is 43.0 Å². The fraction of sp³-hybridized carbons (Fsp3) is 0.533. The first-order valence-electron chi connectivity index (χ1n) is 15.8. The Morgan fingerprint density at radius 2 is 1.57 bits per heavy atom. The van der Waals surface area contributed by atoms with Crippen LogP contribution in [0.3, 0.4) is 0 Å². The molecule has 21 heteroatoms. The lowest BCUT2D eigenvalue weighted by Crippen LogP contribution is -2.60. The van der Waals surface area contributed by atoms with Gasteiger partial charge >= 0.3 is 13.8 Å². The van der Waals surface area contributed by atoms with Crippen LogP contribution in [-0.4, -0.2) is 122 Å². The van der Waals surface area contributed by atoms with Gasteiger partial charge in [-0.05, 0) is 50.8 Å². The molecular formula is C30H43N6O14P.